The van der Waals surface area contributed by atoms with Crippen molar-refractivity contribution in [2.45, 2.75) is 48.5 Å². The Bertz CT molecular complexity index is 524. The van der Waals surface area contributed by atoms with E-state index in [4.69, 9.17) is 4.43 Å². The van der Waals surface area contributed by atoms with E-state index in [-0.39, 0.29) is 30.2 Å². The third kappa shape index (κ3) is 4.72. The van der Waals surface area contributed by atoms with Crippen LogP contribution in [0.1, 0.15) is 42.4 Å². The summed E-state index contributed by atoms with van der Waals surface area (Å²) in [5, 5.41) is 0. The van der Waals surface area contributed by atoms with E-state index in [0.29, 0.717) is 3.63 Å². The molecule has 1 aromatic rings. The van der Waals surface area contributed by atoms with Crippen LogP contribution in [0.5, 0.6) is 0 Å². The zero-order chi connectivity index (χ0) is 14.9. The number of benzene rings is 1. The van der Waals surface area contributed by atoms with Crippen LogP contribution in [0.3, 0.4) is 0 Å². The molecule has 122 valence electrons. The smallest absolute Gasteiger partial charge is 1.00 e. The zero-order valence-electron chi connectivity index (χ0n) is 14.3. The van der Waals surface area contributed by atoms with Crippen LogP contribution in [0, 0.1) is 5.41 Å². The van der Waals surface area contributed by atoms with Gasteiger partial charge in [-0.05, 0) is 0 Å². The molecule has 1 unspecified atom stereocenters. The summed E-state index contributed by atoms with van der Waals surface area (Å²) in [6.07, 6.45) is 0. The number of hydrogen-bond acceptors (Lipinski definition) is 1. The van der Waals surface area contributed by atoms with Crippen molar-refractivity contribution in [3.05, 3.63) is 41.0 Å². The molecule has 2 rings (SSSR count). The van der Waals surface area contributed by atoms with Gasteiger partial charge in [-0.1, -0.05) is 0 Å². The molecule has 1 aliphatic carbocycles. The molecule has 0 spiro atoms. The topological polar surface area (TPSA) is 9.23 Å². The first-order valence-electron chi connectivity index (χ1n) is 7.60. The molecule has 0 bridgehead atoms. The van der Waals surface area contributed by atoms with Gasteiger partial charge in [0.05, 0.1) is 0 Å². The molecule has 0 radical (unpaired) electrons. The van der Waals surface area contributed by atoms with Gasteiger partial charge in [-0.2, -0.15) is 0 Å². The number of allylic oxidation sites excluding steroid dienone is 1. The summed E-state index contributed by atoms with van der Waals surface area (Å²) in [6, 6.07) is 8.95. The molecule has 1 aromatic carbocycles. The van der Waals surface area contributed by atoms with E-state index in [9.17, 15) is 0 Å². The predicted octanol–water partition coefficient (Wildman–Crippen LogP) is -0.973. The fraction of sp³-hybridized carbons (Fsp3) is 0.529. The summed E-state index contributed by atoms with van der Waals surface area (Å²) < 4.78 is 8.49. The van der Waals surface area contributed by atoms with Crippen molar-refractivity contribution >= 4 is 14.8 Å². The number of fused-ring (bicyclic) bond motifs is 1. The van der Waals surface area contributed by atoms with Crippen LogP contribution in [0.15, 0.2) is 29.8 Å². The summed E-state index contributed by atoms with van der Waals surface area (Å²) >= 11 is -0.427. The molecule has 0 aromatic heterocycles. The van der Waals surface area contributed by atoms with Crippen LogP contribution in [-0.4, -0.2) is 9.04 Å². The van der Waals surface area contributed by atoms with Crippen LogP contribution in [0.2, 0.25) is 17.2 Å². The molecule has 22 heavy (non-hydrogen) atoms. The molecule has 0 N–H and O–H groups in total. The van der Waals surface area contributed by atoms with Gasteiger partial charge in [0.15, 0.2) is 0 Å². The Hall–Kier alpha value is 0.440. The Labute approximate surface area is 161 Å². The standard InChI is InChI=1S/C15H21OSi.C2H5.2ClH.Zr/c1-15(2,3)13-10-11-8-6-7-9-12(11)14(13)16-17(4)5;1-2;;;/h6-10,17H,1-5H3;1H2,2H3;2*1H;/q;;;;+2/p-2. The first kappa shape index (κ1) is 22.4. The summed E-state index contributed by atoms with van der Waals surface area (Å²) in [5.41, 5.74) is 4.74. The first-order chi connectivity index (χ1) is 9.36. The second kappa shape index (κ2) is 9.06. The van der Waals surface area contributed by atoms with Gasteiger partial charge in [-0.25, -0.2) is 0 Å². The summed E-state index contributed by atoms with van der Waals surface area (Å²) in [5.74, 6) is 1.24. The van der Waals surface area contributed by atoms with Crippen molar-refractivity contribution in [2.24, 2.45) is 5.41 Å². The van der Waals surface area contributed by atoms with Gasteiger partial charge in [0.2, 0.25) is 0 Å². The average molecular weight is 437 g/mol. The van der Waals surface area contributed by atoms with Crippen molar-refractivity contribution in [1.82, 2.24) is 0 Å². The quantitative estimate of drug-likeness (QED) is 0.552. The fourth-order valence-electron chi connectivity index (χ4n) is 2.94. The molecule has 5 heteroatoms. The molecule has 0 aliphatic heterocycles. The summed E-state index contributed by atoms with van der Waals surface area (Å²) in [6.45, 7) is 13.9. The maximum absolute atomic E-state index is 6.40. The van der Waals surface area contributed by atoms with Gasteiger partial charge >= 0.3 is 137 Å². The van der Waals surface area contributed by atoms with E-state index < -0.39 is 32.3 Å². The van der Waals surface area contributed by atoms with Crippen LogP contribution >= 0.6 is 0 Å². The maximum Gasteiger partial charge on any atom is -1.00 e. The van der Waals surface area contributed by atoms with Gasteiger partial charge < -0.3 is 24.8 Å². The van der Waals surface area contributed by atoms with E-state index in [1.165, 1.54) is 15.5 Å². The largest absolute Gasteiger partial charge is 1.00 e. The first-order valence-corrected chi connectivity index (χ1v) is 13.5. The molecular formula is C17H26Cl2OSiZr. The maximum atomic E-state index is 6.40. The molecule has 0 saturated heterocycles. The molecular weight excluding hydrogens is 410 g/mol. The van der Waals surface area contributed by atoms with E-state index in [1.54, 1.807) is 11.1 Å². The SMILES string of the molecule is C[CH2][Zr+2][CH]1C(C(C)(C)C)=C(O[SiH](C)C)c2ccccc21.[Cl-].[Cl-]. The van der Waals surface area contributed by atoms with Gasteiger partial charge in [0, 0.05) is 0 Å². The van der Waals surface area contributed by atoms with Gasteiger partial charge in [0.1, 0.15) is 0 Å². The molecule has 0 fully saturated rings. The van der Waals surface area contributed by atoms with Crippen molar-refractivity contribution in [3.63, 3.8) is 0 Å². The van der Waals surface area contributed by atoms with Crippen LogP contribution in [-0.2, 0) is 27.7 Å². The minimum absolute atomic E-state index is 0. The Morgan fingerprint density at radius 1 is 1.14 bits per heavy atom. The number of hydrogen-bond donors (Lipinski definition) is 0. The molecule has 1 atom stereocenters. The van der Waals surface area contributed by atoms with Gasteiger partial charge in [-0.3, -0.25) is 0 Å². The van der Waals surface area contributed by atoms with Gasteiger partial charge in [-0.15, -0.1) is 0 Å². The normalized spacial score (nSPS) is 16.6. The number of halogens is 2. The third-order valence-corrected chi connectivity index (χ3v) is 7.81. The minimum atomic E-state index is -1.08. The fourth-order valence-corrected chi connectivity index (χ4v) is 7.72. The summed E-state index contributed by atoms with van der Waals surface area (Å²) in [7, 11) is -1.08. The Morgan fingerprint density at radius 2 is 1.73 bits per heavy atom. The van der Waals surface area contributed by atoms with Crippen LogP contribution in [0.25, 0.3) is 5.76 Å². The monoisotopic (exact) mass is 434 g/mol. The molecule has 1 nitrogen and oxygen atoms in total. The number of rotatable bonds is 4. The second-order valence-electron chi connectivity index (χ2n) is 6.74. The average Bonchev–Trinajstić information content (AvgIpc) is 2.64. The van der Waals surface area contributed by atoms with E-state index in [2.05, 4.69) is 65.1 Å². The minimum Gasteiger partial charge on any atom is -1.00 e. The van der Waals surface area contributed by atoms with Crippen molar-refractivity contribution in [1.29, 1.82) is 0 Å². The zero-order valence-corrected chi connectivity index (χ0v) is 19.5. The van der Waals surface area contributed by atoms with E-state index in [0.717, 1.165) is 0 Å². The van der Waals surface area contributed by atoms with Crippen LogP contribution in [0.4, 0.5) is 0 Å². The summed E-state index contributed by atoms with van der Waals surface area (Å²) in [4.78, 5) is 0. The van der Waals surface area contributed by atoms with E-state index in [1.807, 2.05) is 0 Å². The van der Waals surface area contributed by atoms with Crippen molar-refractivity contribution in [3.8, 4) is 0 Å². The molecule has 1 aliphatic rings. The van der Waals surface area contributed by atoms with Crippen molar-refractivity contribution in [2.75, 3.05) is 0 Å². The van der Waals surface area contributed by atoms with Crippen LogP contribution < -0.4 is 24.8 Å². The predicted molar refractivity (Wildman–Crippen MR) is 86.0 cm³/mol. The Kier molecular flexibility index (Phi) is 9.24. The molecule has 0 amide bonds. The third-order valence-electron chi connectivity index (χ3n) is 3.62. The second-order valence-corrected chi connectivity index (χ2v) is 13.2. The van der Waals surface area contributed by atoms with E-state index >= 15 is 0 Å². The molecule has 0 saturated carbocycles. The molecule has 0 heterocycles. The Morgan fingerprint density at radius 3 is 2.23 bits per heavy atom. The van der Waals surface area contributed by atoms with Crippen molar-refractivity contribution < 1.29 is 52.5 Å². The Balaban J connectivity index is 0.00000220. The van der Waals surface area contributed by atoms with Gasteiger partial charge in [0.25, 0.3) is 0 Å².